The molecule has 3 nitrogen and oxygen atoms in total. The van der Waals surface area contributed by atoms with Crippen LogP contribution in [-0.2, 0) is 14.9 Å². The van der Waals surface area contributed by atoms with Gasteiger partial charge in [0.05, 0.1) is 5.56 Å². The quantitative estimate of drug-likeness (QED) is 0.609. The molecule has 0 aliphatic rings. The van der Waals surface area contributed by atoms with E-state index < -0.39 is 9.05 Å². The van der Waals surface area contributed by atoms with Crippen LogP contribution in [0.3, 0.4) is 0 Å². The van der Waals surface area contributed by atoms with Crippen LogP contribution in [0.2, 0.25) is 0 Å². The molecule has 0 unspecified atom stereocenters. The van der Waals surface area contributed by atoms with Crippen molar-refractivity contribution in [2.24, 2.45) is 0 Å². The monoisotopic (exact) mass is 263 g/mol. The minimum absolute atomic E-state index is 0.0383. The molecule has 0 radical (unpaired) electrons. The second-order valence-electron chi connectivity index (χ2n) is 2.96. The van der Waals surface area contributed by atoms with E-state index in [9.17, 15) is 8.42 Å². The van der Waals surface area contributed by atoms with Crippen LogP contribution in [0, 0.1) is 18.3 Å². The number of alkyl halides is 1. The molecule has 6 heteroatoms. The van der Waals surface area contributed by atoms with E-state index in [-0.39, 0.29) is 16.3 Å². The van der Waals surface area contributed by atoms with Gasteiger partial charge < -0.3 is 0 Å². The van der Waals surface area contributed by atoms with Gasteiger partial charge in [0, 0.05) is 16.6 Å². The number of aryl methyl sites for hydroxylation is 1. The fourth-order valence-electron chi connectivity index (χ4n) is 1.16. The molecule has 0 amide bonds. The molecule has 15 heavy (non-hydrogen) atoms. The number of hydrogen-bond donors (Lipinski definition) is 0. The zero-order valence-electron chi connectivity index (χ0n) is 7.79. The van der Waals surface area contributed by atoms with Crippen LogP contribution in [0.15, 0.2) is 17.0 Å². The molecule has 1 aromatic rings. The third-order valence-corrected chi connectivity index (χ3v) is 3.62. The van der Waals surface area contributed by atoms with Gasteiger partial charge in [0.2, 0.25) is 0 Å². The summed E-state index contributed by atoms with van der Waals surface area (Å²) in [5.74, 6) is 0.178. The lowest BCUT2D eigenvalue weighted by Crippen LogP contribution is -1.98. The van der Waals surface area contributed by atoms with E-state index in [4.69, 9.17) is 27.5 Å². The Morgan fingerprint density at radius 1 is 1.47 bits per heavy atom. The Bertz CT molecular complexity index is 532. The molecule has 0 saturated carbocycles. The summed E-state index contributed by atoms with van der Waals surface area (Å²) in [5.41, 5.74) is 1.46. The highest BCUT2D eigenvalue weighted by molar-refractivity contribution is 8.13. The Morgan fingerprint density at radius 3 is 2.47 bits per heavy atom. The Balaban J connectivity index is 3.59. The number of rotatable bonds is 2. The summed E-state index contributed by atoms with van der Waals surface area (Å²) in [5, 5.41) is 8.76. The van der Waals surface area contributed by atoms with Crippen molar-refractivity contribution in [1.29, 1.82) is 5.26 Å². The maximum Gasteiger partial charge on any atom is 0.262 e. The molecule has 0 spiro atoms. The predicted molar refractivity (Wildman–Crippen MR) is 58.5 cm³/mol. The van der Waals surface area contributed by atoms with Crippen molar-refractivity contribution in [2.45, 2.75) is 17.7 Å². The van der Waals surface area contributed by atoms with E-state index in [1.54, 1.807) is 13.0 Å². The average molecular weight is 264 g/mol. The molecule has 80 valence electrons. The van der Waals surface area contributed by atoms with E-state index in [0.29, 0.717) is 5.56 Å². The maximum atomic E-state index is 11.2. The lowest BCUT2D eigenvalue weighted by Gasteiger charge is -2.06. The summed E-state index contributed by atoms with van der Waals surface area (Å²) in [6.07, 6.45) is 0. The zero-order valence-corrected chi connectivity index (χ0v) is 10.1. The number of nitrogens with zero attached hydrogens (tertiary/aromatic N) is 1. The molecule has 0 bridgehead atoms. The van der Waals surface area contributed by atoms with Crippen molar-refractivity contribution in [3.63, 3.8) is 0 Å². The van der Waals surface area contributed by atoms with E-state index >= 15 is 0 Å². The number of nitriles is 1. The largest absolute Gasteiger partial charge is 0.262 e. The van der Waals surface area contributed by atoms with Crippen molar-refractivity contribution in [3.8, 4) is 6.07 Å². The first-order chi connectivity index (χ1) is 6.90. The Labute approximate surface area is 97.7 Å². The van der Waals surface area contributed by atoms with Crippen LogP contribution in [0.5, 0.6) is 0 Å². The number of halogens is 2. The smallest absolute Gasteiger partial charge is 0.207 e. The zero-order chi connectivity index (χ0) is 11.6. The number of benzene rings is 1. The Kier molecular flexibility index (Phi) is 3.61. The van der Waals surface area contributed by atoms with Gasteiger partial charge in [-0.15, -0.1) is 11.6 Å². The van der Waals surface area contributed by atoms with Gasteiger partial charge in [-0.25, -0.2) is 8.42 Å². The van der Waals surface area contributed by atoms with E-state index in [2.05, 4.69) is 0 Å². The van der Waals surface area contributed by atoms with E-state index in [1.807, 2.05) is 0 Å². The van der Waals surface area contributed by atoms with E-state index in [0.717, 1.165) is 5.56 Å². The third-order valence-electron chi connectivity index (χ3n) is 1.97. The minimum atomic E-state index is -3.90. The Hall–Kier alpha value is -0.760. The molecule has 0 aromatic heterocycles. The van der Waals surface area contributed by atoms with Crippen molar-refractivity contribution in [2.75, 3.05) is 0 Å². The molecule has 0 atom stereocenters. The lowest BCUT2D eigenvalue weighted by molar-refractivity contribution is 0.609. The molecule has 0 fully saturated rings. The first-order valence-corrected chi connectivity index (χ1v) is 6.78. The van der Waals surface area contributed by atoms with Crippen LogP contribution < -0.4 is 0 Å². The topological polar surface area (TPSA) is 57.9 Å². The van der Waals surface area contributed by atoms with Crippen LogP contribution in [0.4, 0.5) is 0 Å². The highest BCUT2D eigenvalue weighted by Crippen LogP contribution is 2.24. The second-order valence-corrected chi connectivity index (χ2v) is 5.76. The summed E-state index contributed by atoms with van der Waals surface area (Å²) in [7, 11) is 1.30. The summed E-state index contributed by atoms with van der Waals surface area (Å²) < 4.78 is 22.3. The number of hydrogen-bond acceptors (Lipinski definition) is 3. The fourth-order valence-corrected chi connectivity index (χ4v) is 2.48. The van der Waals surface area contributed by atoms with Crippen molar-refractivity contribution in [3.05, 3.63) is 28.8 Å². The standard InChI is InChI=1S/C9H7Cl2NO2S/c1-6-2-8(5-12)9(15(11,13)14)3-7(6)4-10/h2-3H,4H2,1H3. The van der Waals surface area contributed by atoms with Gasteiger partial charge in [-0.1, -0.05) is 0 Å². The molecule has 1 rings (SSSR count). The summed E-state index contributed by atoms with van der Waals surface area (Å²) in [6.45, 7) is 1.75. The minimum Gasteiger partial charge on any atom is -0.207 e. The van der Waals surface area contributed by atoms with Gasteiger partial charge in [0.1, 0.15) is 11.0 Å². The van der Waals surface area contributed by atoms with Crippen molar-refractivity contribution in [1.82, 2.24) is 0 Å². The van der Waals surface area contributed by atoms with Crippen LogP contribution in [0.1, 0.15) is 16.7 Å². The summed E-state index contributed by atoms with van der Waals surface area (Å²) in [6, 6.07) is 4.59. The first-order valence-electron chi connectivity index (χ1n) is 3.94. The third kappa shape index (κ3) is 2.63. The Morgan fingerprint density at radius 2 is 2.07 bits per heavy atom. The fraction of sp³-hybridized carbons (Fsp3) is 0.222. The molecular weight excluding hydrogens is 257 g/mol. The van der Waals surface area contributed by atoms with E-state index in [1.165, 1.54) is 12.1 Å². The highest BCUT2D eigenvalue weighted by atomic mass is 35.7. The highest BCUT2D eigenvalue weighted by Gasteiger charge is 2.17. The SMILES string of the molecule is Cc1cc(C#N)c(S(=O)(=O)Cl)cc1CCl. The molecule has 0 aliphatic carbocycles. The molecule has 0 saturated heterocycles. The molecule has 1 aromatic carbocycles. The molecule has 0 N–H and O–H groups in total. The second kappa shape index (κ2) is 4.40. The van der Waals surface area contributed by atoms with Crippen LogP contribution in [0.25, 0.3) is 0 Å². The first kappa shape index (κ1) is 12.3. The normalized spacial score (nSPS) is 11.1. The van der Waals surface area contributed by atoms with Gasteiger partial charge in [0.15, 0.2) is 0 Å². The van der Waals surface area contributed by atoms with Gasteiger partial charge in [-0.05, 0) is 30.2 Å². The average Bonchev–Trinajstić information content (AvgIpc) is 2.15. The van der Waals surface area contributed by atoms with Crippen LogP contribution >= 0.6 is 22.3 Å². The van der Waals surface area contributed by atoms with Gasteiger partial charge in [0.25, 0.3) is 9.05 Å². The molecular formula is C9H7Cl2NO2S. The van der Waals surface area contributed by atoms with Gasteiger partial charge in [-0.3, -0.25) is 0 Å². The van der Waals surface area contributed by atoms with Crippen LogP contribution in [-0.4, -0.2) is 8.42 Å². The van der Waals surface area contributed by atoms with Gasteiger partial charge in [-0.2, -0.15) is 5.26 Å². The lowest BCUT2D eigenvalue weighted by atomic mass is 10.1. The molecule has 0 heterocycles. The van der Waals surface area contributed by atoms with Crippen molar-refractivity contribution < 1.29 is 8.42 Å². The summed E-state index contributed by atoms with van der Waals surface area (Å²) >= 11 is 5.63. The van der Waals surface area contributed by atoms with Crippen molar-refractivity contribution >= 4 is 31.3 Å². The summed E-state index contributed by atoms with van der Waals surface area (Å²) in [4.78, 5) is -0.187. The molecule has 0 aliphatic heterocycles. The predicted octanol–water partition coefficient (Wildman–Crippen LogP) is 2.53. The van der Waals surface area contributed by atoms with Gasteiger partial charge >= 0.3 is 0 Å². The maximum absolute atomic E-state index is 11.2.